The van der Waals surface area contributed by atoms with Gasteiger partial charge in [0.2, 0.25) is 5.91 Å². The Kier molecular flexibility index (Phi) is 6.09. The van der Waals surface area contributed by atoms with Crippen molar-refractivity contribution in [3.63, 3.8) is 0 Å². The van der Waals surface area contributed by atoms with Gasteiger partial charge in [-0.25, -0.2) is 0 Å². The van der Waals surface area contributed by atoms with E-state index in [1.165, 1.54) is 0 Å². The Bertz CT molecular complexity index is 454. The van der Waals surface area contributed by atoms with Crippen molar-refractivity contribution in [3.8, 4) is 6.07 Å². The second-order valence-electron chi connectivity index (χ2n) is 3.57. The minimum atomic E-state index is -0.0138. The highest BCUT2D eigenvalue weighted by Gasteiger charge is 2.07. The Morgan fingerprint density at radius 3 is 2.89 bits per heavy atom. The van der Waals surface area contributed by atoms with Crippen molar-refractivity contribution in [1.29, 1.82) is 5.26 Å². The Morgan fingerprint density at radius 1 is 1.50 bits per heavy atom. The first kappa shape index (κ1) is 14.4. The van der Waals surface area contributed by atoms with E-state index < -0.39 is 0 Å². The van der Waals surface area contributed by atoms with Crippen LogP contribution in [0.15, 0.2) is 23.1 Å². The standard InChI is InChI=1S/C13H17N3OS/c1-3-18-12-6-4-5-11(10(12)9-14)16-8-7-13(17)15-2/h4-6,16H,3,7-8H2,1-2H3,(H,15,17). The third-order valence-corrected chi connectivity index (χ3v) is 3.32. The van der Waals surface area contributed by atoms with Crippen LogP contribution in [-0.2, 0) is 4.79 Å². The molecule has 0 aliphatic heterocycles. The summed E-state index contributed by atoms with van der Waals surface area (Å²) in [5, 5.41) is 14.9. The maximum absolute atomic E-state index is 11.1. The van der Waals surface area contributed by atoms with Gasteiger partial charge in [-0.15, -0.1) is 11.8 Å². The van der Waals surface area contributed by atoms with Gasteiger partial charge >= 0.3 is 0 Å². The lowest BCUT2D eigenvalue weighted by Gasteiger charge is -2.10. The molecule has 1 amide bonds. The first-order valence-electron chi connectivity index (χ1n) is 5.83. The third-order valence-electron chi connectivity index (χ3n) is 2.38. The minimum absolute atomic E-state index is 0.0138. The van der Waals surface area contributed by atoms with Crippen LogP contribution in [-0.4, -0.2) is 25.3 Å². The average Bonchev–Trinajstić information content (AvgIpc) is 2.39. The van der Waals surface area contributed by atoms with Gasteiger partial charge in [0.05, 0.1) is 11.3 Å². The Balaban J connectivity index is 2.73. The maximum Gasteiger partial charge on any atom is 0.221 e. The number of carbonyl (C=O) groups excluding carboxylic acids is 1. The number of benzene rings is 1. The summed E-state index contributed by atoms with van der Waals surface area (Å²) in [5.74, 6) is 0.913. The lowest BCUT2D eigenvalue weighted by atomic mass is 10.2. The number of hydrogen-bond acceptors (Lipinski definition) is 4. The van der Waals surface area contributed by atoms with Crippen LogP contribution in [0.2, 0.25) is 0 Å². The molecule has 0 radical (unpaired) electrons. The van der Waals surface area contributed by atoms with E-state index in [1.807, 2.05) is 18.2 Å². The quantitative estimate of drug-likeness (QED) is 0.772. The molecule has 0 aliphatic carbocycles. The van der Waals surface area contributed by atoms with Crippen molar-refractivity contribution in [1.82, 2.24) is 5.32 Å². The van der Waals surface area contributed by atoms with Crippen LogP contribution in [0.5, 0.6) is 0 Å². The molecule has 0 fully saturated rings. The zero-order valence-corrected chi connectivity index (χ0v) is 11.4. The molecular weight excluding hydrogens is 246 g/mol. The van der Waals surface area contributed by atoms with Gasteiger partial charge in [0.15, 0.2) is 0 Å². The van der Waals surface area contributed by atoms with Crippen molar-refractivity contribution < 1.29 is 4.79 Å². The molecule has 0 spiro atoms. The van der Waals surface area contributed by atoms with E-state index in [1.54, 1.807) is 18.8 Å². The number of amides is 1. The van der Waals surface area contributed by atoms with Crippen molar-refractivity contribution in [2.24, 2.45) is 0 Å². The van der Waals surface area contributed by atoms with E-state index in [0.717, 1.165) is 16.3 Å². The molecule has 0 bridgehead atoms. The highest BCUT2D eigenvalue weighted by atomic mass is 32.2. The molecule has 0 aliphatic rings. The summed E-state index contributed by atoms with van der Waals surface area (Å²) in [6.45, 7) is 2.58. The van der Waals surface area contributed by atoms with Crippen LogP contribution < -0.4 is 10.6 Å². The first-order valence-corrected chi connectivity index (χ1v) is 6.81. The van der Waals surface area contributed by atoms with Gasteiger partial charge in [0, 0.05) is 24.9 Å². The van der Waals surface area contributed by atoms with E-state index >= 15 is 0 Å². The number of thioether (sulfide) groups is 1. The van der Waals surface area contributed by atoms with Gasteiger partial charge in [-0.1, -0.05) is 13.0 Å². The second kappa shape index (κ2) is 7.62. The maximum atomic E-state index is 11.1. The Morgan fingerprint density at radius 2 is 2.28 bits per heavy atom. The van der Waals surface area contributed by atoms with Crippen LogP contribution in [0, 0.1) is 11.3 Å². The summed E-state index contributed by atoms with van der Waals surface area (Å²) >= 11 is 1.64. The van der Waals surface area contributed by atoms with Gasteiger partial charge in [0.1, 0.15) is 6.07 Å². The Hall–Kier alpha value is -1.67. The fourth-order valence-corrected chi connectivity index (χ4v) is 2.29. The largest absolute Gasteiger partial charge is 0.383 e. The summed E-state index contributed by atoms with van der Waals surface area (Å²) in [7, 11) is 1.61. The zero-order chi connectivity index (χ0) is 13.4. The molecule has 0 saturated carbocycles. The fourth-order valence-electron chi connectivity index (χ4n) is 1.51. The summed E-state index contributed by atoms with van der Waals surface area (Å²) in [5.41, 5.74) is 1.45. The van der Waals surface area contributed by atoms with Crippen LogP contribution in [0.1, 0.15) is 18.9 Å². The molecule has 5 heteroatoms. The minimum Gasteiger partial charge on any atom is -0.383 e. The smallest absolute Gasteiger partial charge is 0.221 e. The molecule has 0 heterocycles. The molecule has 1 aromatic carbocycles. The molecule has 1 rings (SSSR count). The van der Waals surface area contributed by atoms with E-state index in [2.05, 4.69) is 23.6 Å². The summed E-state index contributed by atoms with van der Waals surface area (Å²) < 4.78 is 0. The predicted molar refractivity (Wildman–Crippen MR) is 74.7 cm³/mol. The van der Waals surface area contributed by atoms with Crippen LogP contribution in [0.3, 0.4) is 0 Å². The van der Waals surface area contributed by atoms with Crippen molar-refractivity contribution in [2.45, 2.75) is 18.2 Å². The number of nitrogens with one attached hydrogen (secondary N) is 2. The molecule has 18 heavy (non-hydrogen) atoms. The van der Waals surface area contributed by atoms with Crippen LogP contribution >= 0.6 is 11.8 Å². The molecule has 0 saturated heterocycles. The molecule has 0 unspecified atom stereocenters. The third kappa shape index (κ3) is 3.97. The van der Waals surface area contributed by atoms with E-state index in [9.17, 15) is 10.1 Å². The topological polar surface area (TPSA) is 64.9 Å². The molecule has 2 N–H and O–H groups in total. The van der Waals surface area contributed by atoms with E-state index in [4.69, 9.17) is 0 Å². The number of rotatable bonds is 6. The molecule has 0 atom stereocenters. The molecule has 96 valence electrons. The van der Waals surface area contributed by atoms with E-state index in [0.29, 0.717) is 18.5 Å². The van der Waals surface area contributed by atoms with Gasteiger partial charge in [0.25, 0.3) is 0 Å². The summed E-state index contributed by atoms with van der Waals surface area (Å²) in [6.07, 6.45) is 0.395. The monoisotopic (exact) mass is 263 g/mol. The second-order valence-corrected chi connectivity index (χ2v) is 4.88. The number of anilines is 1. The number of nitrogens with zero attached hydrogens (tertiary/aromatic N) is 1. The van der Waals surface area contributed by atoms with E-state index in [-0.39, 0.29) is 5.91 Å². The fraction of sp³-hybridized carbons (Fsp3) is 0.385. The van der Waals surface area contributed by atoms with Crippen molar-refractivity contribution in [2.75, 3.05) is 24.7 Å². The van der Waals surface area contributed by atoms with Gasteiger partial charge < -0.3 is 10.6 Å². The molecule has 1 aromatic rings. The van der Waals surface area contributed by atoms with Crippen LogP contribution in [0.25, 0.3) is 0 Å². The van der Waals surface area contributed by atoms with Crippen LogP contribution in [0.4, 0.5) is 5.69 Å². The summed E-state index contributed by atoms with van der Waals surface area (Å²) in [6, 6.07) is 7.94. The van der Waals surface area contributed by atoms with Gasteiger partial charge in [-0.05, 0) is 17.9 Å². The average molecular weight is 263 g/mol. The van der Waals surface area contributed by atoms with Gasteiger partial charge in [-0.2, -0.15) is 5.26 Å². The highest BCUT2D eigenvalue weighted by Crippen LogP contribution is 2.27. The number of hydrogen-bond donors (Lipinski definition) is 2. The summed E-state index contributed by atoms with van der Waals surface area (Å²) in [4.78, 5) is 12.1. The first-order chi connectivity index (χ1) is 8.72. The zero-order valence-electron chi connectivity index (χ0n) is 10.6. The number of nitriles is 1. The van der Waals surface area contributed by atoms with Crippen molar-refractivity contribution >= 4 is 23.4 Å². The Labute approximate surface area is 112 Å². The lowest BCUT2D eigenvalue weighted by Crippen LogP contribution is -2.21. The molecular formula is C13H17N3OS. The highest BCUT2D eigenvalue weighted by molar-refractivity contribution is 7.99. The number of carbonyl (C=O) groups is 1. The molecule has 4 nitrogen and oxygen atoms in total. The lowest BCUT2D eigenvalue weighted by molar-refractivity contribution is -0.120. The van der Waals surface area contributed by atoms with Gasteiger partial charge in [-0.3, -0.25) is 4.79 Å². The predicted octanol–water partition coefficient (Wildman–Crippen LogP) is 2.22. The normalized spacial score (nSPS) is 9.61. The van der Waals surface area contributed by atoms with Crippen molar-refractivity contribution in [3.05, 3.63) is 23.8 Å². The molecule has 0 aromatic heterocycles. The SMILES string of the molecule is CCSc1cccc(NCCC(=O)NC)c1C#N.